The van der Waals surface area contributed by atoms with E-state index < -0.39 is 0 Å². The van der Waals surface area contributed by atoms with Crippen LogP contribution in [-0.2, 0) is 16.1 Å². The van der Waals surface area contributed by atoms with Crippen molar-refractivity contribution in [3.8, 4) is 11.5 Å². The fourth-order valence-electron chi connectivity index (χ4n) is 3.08. The van der Waals surface area contributed by atoms with E-state index in [0.717, 1.165) is 16.3 Å². The van der Waals surface area contributed by atoms with Gasteiger partial charge in [0.15, 0.2) is 0 Å². The van der Waals surface area contributed by atoms with E-state index in [2.05, 4.69) is 9.97 Å². The number of aromatic nitrogens is 2. The Balaban J connectivity index is 1.63. The lowest BCUT2D eigenvalue weighted by Crippen LogP contribution is -2.43. The Bertz CT molecular complexity index is 977. The van der Waals surface area contributed by atoms with E-state index in [4.69, 9.17) is 9.47 Å². The molecule has 0 radical (unpaired) electrons. The number of halogens is 1. The number of thiazole rings is 1. The lowest BCUT2D eigenvalue weighted by molar-refractivity contribution is -0.149. The third-order valence-electron chi connectivity index (χ3n) is 4.41. The second kappa shape index (κ2) is 8.04. The highest BCUT2D eigenvalue weighted by Crippen LogP contribution is 2.34. The first-order valence-corrected chi connectivity index (χ1v) is 9.63. The number of carbonyl (C=O) groups excluding carboxylic acids is 1. The summed E-state index contributed by atoms with van der Waals surface area (Å²) in [6.07, 6.45) is 3.28. The summed E-state index contributed by atoms with van der Waals surface area (Å²) >= 11 is 1.55. The lowest BCUT2D eigenvalue weighted by atomic mass is 10.1. The topological polar surface area (TPSA) is 64.6 Å². The maximum Gasteiger partial charge on any atom is 0.249 e. The SMILES string of the molecule is Cc1nc(CN2C(=O)COCC2c2cnccc2Oc2ccc(F)cc2)cs1. The molecule has 3 aromatic rings. The van der Waals surface area contributed by atoms with Crippen LogP contribution in [0, 0.1) is 12.7 Å². The van der Waals surface area contributed by atoms with Crippen molar-refractivity contribution >= 4 is 17.2 Å². The Labute approximate surface area is 165 Å². The van der Waals surface area contributed by atoms with Crippen LogP contribution in [-0.4, -0.2) is 34.0 Å². The van der Waals surface area contributed by atoms with Crippen LogP contribution in [0.5, 0.6) is 11.5 Å². The highest BCUT2D eigenvalue weighted by molar-refractivity contribution is 7.09. The van der Waals surface area contributed by atoms with Crippen molar-refractivity contribution in [3.05, 3.63) is 70.2 Å². The van der Waals surface area contributed by atoms with Crippen LogP contribution >= 0.6 is 11.3 Å². The predicted molar refractivity (Wildman–Crippen MR) is 102 cm³/mol. The van der Waals surface area contributed by atoms with Crippen LogP contribution in [0.2, 0.25) is 0 Å². The molecule has 0 N–H and O–H groups in total. The smallest absolute Gasteiger partial charge is 0.249 e. The molecular weight excluding hydrogens is 381 g/mol. The van der Waals surface area contributed by atoms with Crippen molar-refractivity contribution in [2.75, 3.05) is 13.2 Å². The molecular formula is C20H18FN3O3S. The molecule has 0 aliphatic carbocycles. The first kappa shape index (κ1) is 18.5. The van der Waals surface area contributed by atoms with Gasteiger partial charge in [0.1, 0.15) is 23.9 Å². The summed E-state index contributed by atoms with van der Waals surface area (Å²) in [5.41, 5.74) is 1.57. The Morgan fingerprint density at radius 2 is 2.14 bits per heavy atom. The summed E-state index contributed by atoms with van der Waals surface area (Å²) in [6.45, 7) is 2.69. The molecule has 0 bridgehead atoms. The van der Waals surface area contributed by atoms with Crippen molar-refractivity contribution in [1.82, 2.24) is 14.9 Å². The van der Waals surface area contributed by atoms with Gasteiger partial charge in [0, 0.05) is 23.3 Å². The molecule has 3 heterocycles. The molecule has 4 rings (SSSR count). The molecule has 0 spiro atoms. The lowest BCUT2D eigenvalue weighted by Gasteiger charge is -2.35. The molecule has 144 valence electrons. The summed E-state index contributed by atoms with van der Waals surface area (Å²) in [6, 6.07) is 7.15. The zero-order valence-electron chi connectivity index (χ0n) is 15.2. The summed E-state index contributed by atoms with van der Waals surface area (Å²) in [5, 5.41) is 2.91. The number of morpholine rings is 1. The number of benzene rings is 1. The zero-order chi connectivity index (χ0) is 19.5. The highest BCUT2D eigenvalue weighted by Gasteiger charge is 2.32. The molecule has 1 saturated heterocycles. The van der Waals surface area contributed by atoms with E-state index in [1.54, 1.807) is 46.8 Å². The molecule has 2 aromatic heterocycles. The minimum absolute atomic E-state index is 0.0357. The molecule has 1 atom stereocenters. The molecule has 1 aliphatic heterocycles. The molecule has 1 fully saturated rings. The minimum Gasteiger partial charge on any atom is -0.457 e. The summed E-state index contributed by atoms with van der Waals surface area (Å²) in [5.74, 6) is 0.597. The summed E-state index contributed by atoms with van der Waals surface area (Å²) in [7, 11) is 0. The van der Waals surface area contributed by atoms with Crippen LogP contribution in [0.4, 0.5) is 4.39 Å². The van der Waals surface area contributed by atoms with E-state index in [1.807, 2.05) is 12.3 Å². The van der Waals surface area contributed by atoms with Crippen LogP contribution in [0.15, 0.2) is 48.1 Å². The van der Waals surface area contributed by atoms with E-state index in [9.17, 15) is 9.18 Å². The number of ether oxygens (including phenoxy) is 2. The number of hydrogen-bond donors (Lipinski definition) is 0. The quantitative estimate of drug-likeness (QED) is 0.652. The van der Waals surface area contributed by atoms with E-state index in [1.165, 1.54) is 12.1 Å². The summed E-state index contributed by atoms with van der Waals surface area (Å²) in [4.78, 5) is 23.0. The number of hydrogen-bond acceptors (Lipinski definition) is 6. The minimum atomic E-state index is -0.354. The van der Waals surface area contributed by atoms with E-state index in [0.29, 0.717) is 24.7 Å². The zero-order valence-corrected chi connectivity index (χ0v) is 16.0. The van der Waals surface area contributed by atoms with Crippen LogP contribution in [0.25, 0.3) is 0 Å². The van der Waals surface area contributed by atoms with Crippen molar-refractivity contribution in [3.63, 3.8) is 0 Å². The second-order valence-electron chi connectivity index (χ2n) is 6.38. The van der Waals surface area contributed by atoms with E-state index >= 15 is 0 Å². The van der Waals surface area contributed by atoms with Crippen LogP contribution < -0.4 is 4.74 Å². The third-order valence-corrected chi connectivity index (χ3v) is 5.23. The van der Waals surface area contributed by atoms with Gasteiger partial charge >= 0.3 is 0 Å². The largest absolute Gasteiger partial charge is 0.457 e. The fraction of sp³-hybridized carbons (Fsp3) is 0.250. The molecule has 1 aliphatic rings. The van der Waals surface area contributed by atoms with Gasteiger partial charge in [-0.15, -0.1) is 11.3 Å². The van der Waals surface area contributed by atoms with Gasteiger partial charge in [0.25, 0.3) is 0 Å². The van der Waals surface area contributed by atoms with Gasteiger partial charge in [-0.2, -0.15) is 0 Å². The van der Waals surface area contributed by atoms with Gasteiger partial charge in [-0.1, -0.05) is 0 Å². The Morgan fingerprint density at radius 1 is 1.32 bits per heavy atom. The van der Waals surface area contributed by atoms with Crippen molar-refractivity contribution < 1.29 is 18.7 Å². The Hall–Kier alpha value is -2.84. The Morgan fingerprint density at radius 3 is 2.89 bits per heavy atom. The Kier molecular flexibility index (Phi) is 5.31. The first-order chi connectivity index (χ1) is 13.6. The average molecular weight is 399 g/mol. The van der Waals surface area contributed by atoms with Crippen molar-refractivity contribution in [1.29, 1.82) is 0 Å². The van der Waals surface area contributed by atoms with Crippen molar-refractivity contribution in [2.45, 2.75) is 19.5 Å². The average Bonchev–Trinajstić information content (AvgIpc) is 3.11. The number of amides is 1. The third kappa shape index (κ3) is 4.02. The molecule has 28 heavy (non-hydrogen) atoms. The van der Waals surface area contributed by atoms with Gasteiger partial charge < -0.3 is 14.4 Å². The molecule has 1 aromatic carbocycles. The monoisotopic (exact) mass is 399 g/mol. The first-order valence-electron chi connectivity index (χ1n) is 8.75. The maximum absolute atomic E-state index is 13.2. The van der Waals surface area contributed by atoms with Gasteiger partial charge in [0.2, 0.25) is 5.91 Å². The standard InChI is InChI=1S/C20H18FN3O3S/c1-13-23-15(12-28-13)9-24-18(10-26-11-20(24)25)17-8-22-7-6-19(17)27-16-4-2-14(21)3-5-16/h2-8,12,18H,9-11H2,1H3. The van der Waals surface area contributed by atoms with Crippen molar-refractivity contribution in [2.24, 2.45) is 0 Å². The number of rotatable bonds is 5. The van der Waals surface area contributed by atoms with Gasteiger partial charge in [-0.25, -0.2) is 9.37 Å². The summed E-state index contributed by atoms with van der Waals surface area (Å²) < 4.78 is 24.6. The van der Waals surface area contributed by atoms with Crippen LogP contribution in [0.3, 0.4) is 0 Å². The molecule has 1 amide bonds. The number of nitrogens with zero attached hydrogens (tertiary/aromatic N) is 3. The predicted octanol–water partition coefficient (Wildman–Crippen LogP) is 3.88. The number of aryl methyl sites for hydroxylation is 1. The van der Waals surface area contributed by atoms with Gasteiger partial charge in [-0.3, -0.25) is 9.78 Å². The fourth-order valence-corrected chi connectivity index (χ4v) is 3.69. The molecule has 8 heteroatoms. The molecule has 1 unspecified atom stereocenters. The van der Waals surface area contributed by atoms with Gasteiger partial charge in [-0.05, 0) is 37.3 Å². The molecule has 0 saturated carbocycles. The number of pyridine rings is 1. The number of carbonyl (C=O) groups is 1. The highest BCUT2D eigenvalue weighted by atomic mass is 32.1. The molecule has 6 nitrogen and oxygen atoms in total. The van der Waals surface area contributed by atoms with Crippen LogP contribution in [0.1, 0.15) is 22.3 Å². The normalized spacial score (nSPS) is 17.0. The maximum atomic E-state index is 13.2. The second-order valence-corrected chi connectivity index (χ2v) is 7.44. The van der Waals surface area contributed by atoms with E-state index in [-0.39, 0.29) is 24.4 Å². The van der Waals surface area contributed by atoms with Gasteiger partial charge in [0.05, 0.1) is 29.9 Å².